The zero-order valence-corrected chi connectivity index (χ0v) is 20.8. The largest absolute Gasteiger partial charge is 0.481 e. The molecule has 2 aromatic rings. The van der Waals surface area contributed by atoms with E-state index >= 15 is 0 Å². The lowest BCUT2D eigenvalue weighted by atomic mass is 9.90. The number of carboxylic acid groups (broad SMARTS) is 1. The molecule has 7 heteroatoms. The molecule has 3 N–H and O–H groups in total. The van der Waals surface area contributed by atoms with Gasteiger partial charge in [-0.25, -0.2) is 4.79 Å². The zero-order valence-electron chi connectivity index (χ0n) is 20.8. The van der Waals surface area contributed by atoms with Crippen molar-refractivity contribution < 1.29 is 24.2 Å². The molecule has 0 spiro atoms. The molecular formula is C28H36N2O5. The van der Waals surface area contributed by atoms with Gasteiger partial charge in [0, 0.05) is 24.9 Å². The summed E-state index contributed by atoms with van der Waals surface area (Å²) in [6.07, 6.45) is 2.39. The fourth-order valence-electron chi connectivity index (χ4n) is 4.40. The van der Waals surface area contributed by atoms with Crippen LogP contribution in [0.25, 0.3) is 11.1 Å². The van der Waals surface area contributed by atoms with Gasteiger partial charge in [0.05, 0.1) is 5.41 Å². The van der Waals surface area contributed by atoms with Gasteiger partial charge in [0.15, 0.2) is 0 Å². The predicted octanol–water partition coefficient (Wildman–Crippen LogP) is 5.09. The van der Waals surface area contributed by atoms with Gasteiger partial charge >= 0.3 is 12.1 Å². The summed E-state index contributed by atoms with van der Waals surface area (Å²) >= 11 is 0. The number of carboxylic acids is 1. The van der Waals surface area contributed by atoms with E-state index in [0.29, 0.717) is 12.8 Å². The van der Waals surface area contributed by atoms with E-state index in [9.17, 15) is 19.5 Å². The normalized spacial score (nSPS) is 13.5. The Morgan fingerprint density at radius 3 is 2.20 bits per heavy atom. The van der Waals surface area contributed by atoms with Crippen molar-refractivity contribution in [2.45, 2.75) is 64.8 Å². The summed E-state index contributed by atoms with van der Waals surface area (Å²) < 4.78 is 5.64. The van der Waals surface area contributed by atoms with Gasteiger partial charge in [0.1, 0.15) is 6.61 Å². The van der Waals surface area contributed by atoms with E-state index in [1.807, 2.05) is 24.3 Å². The smallest absolute Gasteiger partial charge is 0.407 e. The lowest BCUT2D eigenvalue weighted by Gasteiger charge is -2.21. The number of carbonyl (C=O) groups excluding carboxylic acids is 2. The van der Waals surface area contributed by atoms with Crippen LogP contribution in [0.2, 0.25) is 0 Å². The Kier molecular flexibility index (Phi) is 8.90. The maximum absolute atomic E-state index is 12.7. The van der Waals surface area contributed by atoms with Crippen LogP contribution in [-0.4, -0.2) is 42.3 Å². The summed E-state index contributed by atoms with van der Waals surface area (Å²) in [6.45, 7) is 5.80. The fraction of sp³-hybridized carbons (Fsp3) is 0.464. The first-order chi connectivity index (χ1) is 16.7. The Labute approximate surface area is 207 Å². The maximum Gasteiger partial charge on any atom is 0.407 e. The number of aliphatic carboxylic acids is 1. The van der Waals surface area contributed by atoms with Crippen LogP contribution in [0, 0.1) is 5.41 Å². The standard InChI is InChI=1S/C28H36N2O5/c1-4-5-10-19(17-25(31)29-16-15-28(2,3)26(32)33)30-27(34)35-18-24-22-13-8-6-11-20(22)21-12-7-9-14-23(21)24/h6-9,11-14,19,24H,4-5,10,15-18H2,1-3H3,(H,29,31)(H,30,34)(H,32,33)/t19-/m1/s1. The quantitative estimate of drug-likeness (QED) is 0.392. The molecule has 3 rings (SSSR count). The number of fused-ring (bicyclic) bond motifs is 3. The van der Waals surface area contributed by atoms with Crippen molar-refractivity contribution in [1.29, 1.82) is 0 Å². The van der Waals surface area contributed by atoms with Gasteiger partial charge in [-0.2, -0.15) is 0 Å². The van der Waals surface area contributed by atoms with Gasteiger partial charge in [0.2, 0.25) is 5.91 Å². The van der Waals surface area contributed by atoms with Crippen molar-refractivity contribution in [2.75, 3.05) is 13.2 Å². The molecule has 1 aliphatic carbocycles. The topological polar surface area (TPSA) is 105 Å². The molecule has 1 atom stereocenters. The van der Waals surface area contributed by atoms with Crippen LogP contribution in [-0.2, 0) is 14.3 Å². The van der Waals surface area contributed by atoms with Crippen molar-refractivity contribution >= 4 is 18.0 Å². The van der Waals surface area contributed by atoms with Gasteiger partial charge in [-0.1, -0.05) is 68.3 Å². The van der Waals surface area contributed by atoms with E-state index < -0.39 is 17.5 Å². The second-order valence-electron chi connectivity index (χ2n) is 9.80. The predicted molar refractivity (Wildman–Crippen MR) is 135 cm³/mol. The number of benzene rings is 2. The number of hydrogen-bond acceptors (Lipinski definition) is 4. The number of alkyl carbamates (subject to hydrolysis) is 1. The number of hydrogen-bond donors (Lipinski definition) is 3. The number of unbranched alkanes of at least 4 members (excludes halogenated alkanes) is 1. The molecule has 2 amide bonds. The van der Waals surface area contributed by atoms with Crippen molar-refractivity contribution in [3.8, 4) is 11.1 Å². The molecule has 2 aromatic carbocycles. The summed E-state index contributed by atoms with van der Waals surface area (Å²) in [7, 11) is 0. The van der Waals surface area contributed by atoms with Crippen LogP contribution in [0.15, 0.2) is 48.5 Å². The van der Waals surface area contributed by atoms with Gasteiger partial charge in [0.25, 0.3) is 0 Å². The van der Waals surface area contributed by atoms with E-state index in [4.69, 9.17) is 4.74 Å². The third-order valence-corrected chi connectivity index (χ3v) is 6.65. The fourth-order valence-corrected chi connectivity index (χ4v) is 4.40. The Balaban J connectivity index is 1.54. The number of rotatable bonds is 12. The van der Waals surface area contributed by atoms with Crippen LogP contribution in [0.5, 0.6) is 0 Å². The third kappa shape index (κ3) is 6.84. The molecule has 0 aliphatic heterocycles. The molecule has 7 nitrogen and oxygen atoms in total. The van der Waals surface area contributed by atoms with Gasteiger partial charge in [-0.15, -0.1) is 0 Å². The maximum atomic E-state index is 12.7. The molecule has 0 saturated heterocycles. The molecular weight excluding hydrogens is 444 g/mol. The Hall–Kier alpha value is -3.35. The summed E-state index contributed by atoms with van der Waals surface area (Å²) in [5.74, 6) is -1.14. The van der Waals surface area contributed by atoms with Gasteiger partial charge in [-0.3, -0.25) is 9.59 Å². The average Bonchev–Trinajstić information content (AvgIpc) is 3.14. The number of nitrogens with one attached hydrogen (secondary N) is 2. The van der Waals surface area contributed by atoms with Crippen LogP contribution >= 0.6 is 0 Å². The minimum atomic E-state index is -0.908. The highest BCUT2D eigenvalue weighted by Crippen LogP contribution is 2.44. The van der Waals surface area contributed by atoms with Crippen molar-refractivity contribution in [3.63, 3.8) is 0 Å². The number of carbonyl (C=O) groups is 3. The summed E-state index contributed by atoms with van der Waals surface area (Å²) in [5.41, 5.74) is 3.72. The van der Waals surface area contributed by atoms with Gasteiger partial charge < -0.3 is 20.5 Å². The highest BCUT2D eigenvalue weighted by atomic mass is 16.5. The van der Waals surface area contributed by atoms with Gasteiger partial charge in [-0.05, 0) is 48.9 Å². The lowest BCUT2D eigenvalue weighted by molar-refractivity contribution is -0.147. The van der Waals surface area contributed by atoms with Crippen LogP contribution < -0.4 is 10.6 Å². The van der Waals surface area contributed by atoms with E-state index in [1.54, 1.807) is 13.8 Å². The molecule has 35 heavy (non-hydrogen) atoms. The summed E-state index contributed by atoms with van der Waals surface area (Å²) in [4.78, 5) is 36.3. The molecule has 0 fully saturated rings. The highest BCUT2D eigenvalue weighted by Gasteiger charge is 2.30. The number of amides is 2. The molecule has 0 unspecified atom stereocenters. The first-order valence-electron chi connectivity index (χ1n) is 12.3. The highest BCUT2D eigenvalue weighted by molar-refractivity contribution is 5.80. The monoisotopic (exact) mass is 480 g/mol. The Bertz CT molecular complexity index is 1000. The van der Waals surface area contributed by atoms with E-state index in [-0.39, 0.29) is 37.4 Å². The molecule has 1 aliphatic rings. The van der Waals surface area contributed by atoms with Crippen molar-refractivity contribution in [3.05, 3.63) is 59.7 Å². The first kappa shape index (κ1) is 26.3. The Morgan fingerprint density at radius 1 is 1.03 bits per heavy atom. The van der Waals surface area contributed by atoms with Crippen LogP contribution in [0.3, 0.4) is 0 Å². The summed E-state index contributed by atoms with van der Waals surface area (Å²) in [5, 5.41) is 14.9. The van der Waals surface area contributed by atoms with Crippen LogP contribution in [0.1, 0.15) is 69.9 Å². The van der Waals surface area contributed by atoms with E-state index in [2.05, 4.69) is 41.8 Å². The lowest BCUT2D eigenvalue weighted by Crippen LogP contribution is -2.40. The molecule has 0 bridgehead atoms. The molecule has 188 valence electrons. The van der Waals surface area contributed by atoms with E-state index in [1.165, 1.54) is 11.1 Å². The van der Waals surface area contributed by atoms with Crippen molar-refractivity contribution in [1.82, 2.24) is 10.6 Å². The Morgan fingerprint density at radius 2 is 1.63 bits per heavy atom. The summed E-state index contributed by atoms with van der Waals surface area (Å²) in [6, 6.07) is 16.0. The minimum absolute atomic E-state index is 0.0249. The molecule has 0 heterocycles. The minimum Gasteiger partial charge on any atom is -0.481 e. The molecule has 0 saturated carbocycles. The molecule has 0 radical (unpaired) electrons. The third-order valence-electron chi connectivity index (χ3n) is 6.65. The van der Waals surface area contributed by atoms with Crippen LogP contribution in [0.4, 0.5) is 4.79 Å². The first-order valence-corrected chi connectivity index (χ1v) is 12.3. The second kappa shape index (κ2) is 11.9. The van der Waals surface area contributed by atoms with E-state index in [0.717, 1.165) is 24.0 Å². The zero-order chi connectivity index (χ0) is 25.4. The SMILES string of the molecule is CCCC[C@H](CC(=O)NCCC(C)(C)C(=O)O)NC(=O)OCC1c2ccccc2-c2ccccc21. The molecule has 0 aromatic heterocycles. The average molecular weight is 481 g/mol. The second-order valence-corrected chi connectivity index (χ2v) is 9.80. The number of ether oxygens (including phenoxy) is 1. The van der Waals surface area contributed by atoms with Crippen molar-refractivity contribution in [2.24, 2.45) is 5.41 Å².